The minimum atomic E-state index is 0.134. The average Bonchev–Trinajstić information content (AvgIpc) is 2.42. The van der Waals surface area contributed by atoms with Crippen LogP contribution in [0.5, 0.6) is 11.6 Å². The number of aromatic hydroxyl groups is 1. The molecule has 4 heteroatoms. The molecule has 0 spiro atoms. The molecule has 1 aliphatic heterocycles. The molecular weight excluding hydrogens is 240 g/mol. The van der Waals surface area contributed by atoms with Gasteiger partial charge in [-0.15, -0.1) is 0 Å². The van der Waals surface area contributed by atoms with Crippen LogP contribution in [0.3, 0.4) is 0 Å². The average molecular weight is 258 g/mol. The van der Waals surface area contributed by atoms with Crippen LogP contribution in [0.1, 0.15) is 13.3 Å². The molecular formula is C15H18N2O2. The van der Waals surface area contributed by atoms with Gasteiger partial charge in [0.25, 0.3) is 0 Å². The second-order valence-corrected chi connectivity index (χ2v) is 5.15. The number of phenolic OH excluding ortho intramolecular Hbond substituents is 1. The maximum absolute atomic E-state index is 9.62. The largest absolute Gasteiger partial charge is 0.508 e. The molecule has 1 saturated heterocycles. The van der Waals surface area contributed by atoms with Crippen LogP contribution in [0.2, 0.25) is 0 Å². The van der Waals surface area contributed by atoms with Gasteiger partial charge in [-0.05, 0) is 42.5 Å². The first kappa shape index (κ1) is 12.2. The topological polar surface area (TPSA) is 54.4 Å². The Morgan fingerprint density at radius 3 is 3.11 bits per heavy atom. The van der Waals surface area contributed by atoms with E-state index >= 15 is 0 Å². The lowest BCUT2D eigenvalue weighted by Crippen LogP contribution is -2.43. The maximum atomic E-state index is 9.62. The second kappa shape index (κ2) is 5.05. The molecule has 3 rings (SSSR count). The van der Waals surface area contributed by atoms with Crippen molar-refractivity contribution < 1.29 is 9.84 Å². The number of pyridine rings is 1. The molecule has 19 heavy (non-hydrogen) atoms. The van der Waals surface area contributed by atoms with Gasteiger partial charge in [-0.25, -0.2) is 4.98 Å². The SMILES string of the molecule is CC1CCNCC1Oc1nccc2ccc(O)cc12. The summed E-state index contributed by atoms with van der Waals surface area (Å²) in [5.74, 6) is 1.35. The number of benzene rings is 1. The molecule has 0 aliphatic carbocycles. The third-order valence-electron chi connectivity index (χ3n) is 3.73. The number of aromatic nitrogens is 1. The van der Waals surface area contributed by atoms with Crippen molar-refractivity contribution >= 4 is 10.8 Å². The van der Waals surface area contributed by atoms with Gasteiger partial charge < -0.3 is 15.2 Å². The van der Waals surface area contributed by atoms with E-state index in [9.17, 15) is 5.11 Å². The highest BCUT2D eigenvalue weighted by molar-refractivity contribution is 5.87. The fourth-order valence-corrected chi connectivity index (χ4v) is 2.49. The molecule has 0 saturated carbocycles. The number of hydrogen-bond donors (Lipinski definition) is 2. The first-order chi connectivity index (χ1) is 9.24. The van der Waals surface area contributed by atoms with Crippen LogP contribution in [0.4, 0.5) is 0 Å². The Kier molecular flexibility index (Phi) is 3.25. The summed E-state index contributed by atoms with van der Waals surface area (Å²) in [6.45, 7) is 4.09. The second-order valence-electron chi connectivity index (χ2n) is 5.15. The number of fused-ring (bicyclic) bond motifs is 1. The van der Waals surface area contributed by atoms with Crippen molar-refractivity contribution in [3.8, 4) is 11.6 Å². The molecule has 1 aromatic carbocycles. The predicted molar refractivity (Wildman–Crippen MR) is 74.5 cm³/mol. The van der Waals surface area contributed by atoms with Crippen molar-refractivity contribution in [2.75, 3.05) is 13.1 Å². The van der Waals surface area contributed by atoms with Gasteiger partial charge >= 0.3 is 0 Å². The van der Waals surface area contributed by atoms with Gasteiger partial charge in [0.2, 0.25) is 5.88 Å². The summed E-state index contributed by atoms with van der Waals surface area (Å²) in [6, 6.07) is 7.18. The van der Waals surface area contributed by atoms with Gasteiger partial charge in [0.05, 0.1) is 0 Å². The molecule has 2 atom stereocenters. The van der Waals surface area contributed by atoms with Gasteiger partial charge in [-0.3, -0.25) is 0 Å². The quantitative estimate of drug-likeness (QED) is 0.868. The highest BCUT2D eigenvalue weighted by atomic mass is 16.5. The predicted octanol–water partition coefficient (Wildman–Crippen LogP) is 2.32. The van der Waals surface area contributed by atoms with Crippen LogP contribution in [-0.4, -0.2) is 29.3 Å². The molecule has 2 aromatic rings. The van der Waals surface area contributed by atoms with E-state index in [0.717, 1.165) is 30.3 Å². The highest BCUT2D eigenvalue weighted by Crippen LogP contribution is 2.28. The van der Waals surface area contributed by atoms with Gasteiger partial charge in [0, 0.05) is 18.1 Å². The van der Waals surface area contributed by atoms with Crippen LogP contribution in [-0.2, 0) is 0 Å². The third kappa shape index (κ3) is 2.49. The minimum Gasteiger partial charge on any atom is -0.508 e. The summed E-state index contributed by atoms with van der Waals surface area (Å²) in [7, 11) is 0. The molecule has 2 unspecified atom stereocenters. The van der Waals surface area contributed by atoms with Crippen molar-refractivity contribution in [1.29, 1.82) is 0 Å². The number of phenols is 1. The molecule has 2 heterocycles. The summed E-state index contributed by atoms with van der Waals surface area (Å²) in [5, 5.41) is 14.8. The third-order valence-corrected chi connectivity index (χ3v) is 3.73. The van der Waals surface area contributed by atoms with Crippen molar-refractivity contribution in [2.24, 2.45) is 5.92 Å². The summed E-state index contributed by atoms with van der Waals surface area (Å²) >= 11 is 0. The van der Waals surface area contributed by atoms with E-state index in [4.69, 9.17) is 4.74 Å². The number of piperidine rings is 1. The monoisotopic (exact) mass is 258 g/mol. The van der Waals surface area contributed by atoms with Gasteiger partial charge in [0.1, 0.15) is 11.9 Å². The number of rotatable bonds is 2. The van der Waals surface area contributed by atoms with Crippen molar-refractivity contribution in [3.05, 3.63) is 30.5 Å². The molecule has 0 bridgehead atoms. The molecule has 1 aromatic heterocycles. The van der Waals surface area contributed by atoms with Crippen LogP contribution < -0.4 is 10.1 Å². The summed E-state index contributed by atoms with van der Waals surface area (Å²) < 4.78 is 6.05. The lowest BCUT2D eigenvalue weighted by molar-refractivity contribution is 0.111. The Morgan fingerprint density at radius 2 is 2.26 bits per heavy atom. The Morgan fingerprint density at radius 1 is 1.37 bits per heavy atom. The maximum Gasteiger partial charge on any atom is 0.221 e. The molecule has 2 N–H and O–H groups in total. The summed E-state index contributed by atoms with van der Waals surface area (Å²) in [4.78, 5) is 4.32. The molecule has 0 radical (unpaired) electrons. The van der Waals surface area contributed by atoms with Gasteiger partial charge in [0.15, 0.2) is 0 Å². The fourth-order valence-electron chi connectivity index (χ4n) is 2.49. The first-order valence-electron chi connectivity index (χ1n) is 6.69. The fraction of sp³-hybridized carbons (Fsp3) is 0.400. The Hall–Kier alpha value is -1.81. The van der Waals surface area contributed by atoms with E-state index in [0.29, 0.717) is 11.8 Å². The van der Waals surface area contributed by atoms with Crippen molar-refractivity contribution in [2.45, 2.75) is 19.4 Å². The summed E-state index contributed by atoms with van der Waals surface area (Å²) in [5.41, 5.74) is 0. The lowest BCUT2D eigenvalue weighted by Gasteiger charge is -2.29. The zero-order valence-corrected chi connectivity index (χ0v) is 11.0. The van der Waals surface area contributed by atoms with Crippen molar-refractivity contribution in [3.63, 3.8) is 0 Å². The Balaban J connectivity index is 1.93. The van der Waals surface area contributed by atoms with Crippen LogP contribution in [0.15, 0.2) is 30.5 Å². The number of ether oxygens (including phenoxy) is 1. The zero-order chi connectivity index (χ0) is 13.2. The Labute approximate surface area is 112 Å². The van der Waals surface area contributed by atoms with E-state index < -0.39 is 0 Å². The number of nitrogens with one attached hydrogen (secondary N) is 1. The van der Waals surface area contributed by atoms with Crippen LogP contribution >= 0.6 is 0 Å². The van der Waals surface area contributed by atoms with E-state index in [1.54, 1.807) is 18.3 Å². The van der Waals surface area contributed by atoms with E-state index in [2.05, 4.69) is 17.2 Å². The lowest BCUT2D eigenvalue weighted by atomic mass is 9.97. The molecule has 4 nitrogen and oxygen atoms in total. The molecule has 0 amide bonds. The minimum absolute atomic E-state index is 0.134. The highest BCUT2D eigenvalue weighted by Gasteiger charge is 2.23. The standard InChI is InChI=1S/C15H18N2O2/c1-10-4-6-16-9-14(10)19-15-13-8-12(18)3-2-11(13)5-7-17-15/h2-3,5,7-8,10,14,16,18H,4,6,9H2,1H3. The van der Waals surface area contributed by atoms with Gasteiger partial charge in [-0.2, -0.15) is 0 Å². The van der Waals surface area contributed by atoms with E-state index in [1.807, 2.05) is 12.1 Å². The first-order valence-corrected chi connectivity index (χ1v) is 6.69. The van der Waals surface area contributed by atoms with E-state index in [-0.39, 0.29) is 11.9 Å². The molecule has 1 aliphatic rings. The molecule has 100 valence electrons. The smallest absolute Gasteiger partial charge is 0.221 e. The van der Waals surface area contributed by atoms with Gasteiger partial charge in [-0.1, -0.05) is 13.0 Å². The number of hydrogen-bond acceptors (Lipinski definition) is 4. The summed E-state index contributed by atoms with van der Waals surface area (Å²) in [6.07, 6.45) is 2.99. The van der Waals surface area contributed by atoms with Crippen LogP contribution in [0.25, 0.3) is 10.8 Å². The zero-order valence-electron chi connectivity index (χ0n) is 11.0. The number of nitrogens with zero attached hydrogens (tertiary/aromatic N) is 1. The van der Waals surface area contributed by atoms with Crippen molar-refractivity contribution in [1.82, 2.24) is 10.3 Å². The van der Waals surface area contributed by atoms with E-state index in [1.165, 1.54) is 0 Å². The molecule has 1 fully saturated rings. The normalized spacial score (nSPS) is 23.4. The van der Waals surface area contributed by atoms with Crippen LogP contribution in [0, 0.1) is 5.92 Å². The Bertz CT molecular complexity index is 585.